The zero-order valence-electron chi connectivity index (χ0n) is 13.0. The van der Waals surface area contributed by atoms with Crippen LogP contribution in [-0.2, 0) is 5.88 Å². The molecule has 0 aromatic heterocycles. The Balaban J connectivity index is 3.05. The van der Waals surface area contributed by atoms with Crippen LogP contribution in [0.15, 0.2) is 18.2 Å². The van der Waals surface area contributed by atoms with E-state index in [2.05, 4.69) is 57.7 Å². The first-order valence-corrected chi connectivity index (χ1v) is 7.99. The minimum atomic E-state index is 0.598. The van der Waals surface area contributed by atoms with Gasteiger partial charge in [-0.05, 0) is 48.9 Å². The molecule has 0 unspecified atom stereocenters. The normalized spacial score (nSPS) is 11.4. The lowest BCUT2D eigenvalue weighted by Crippen LogP contribution is -2.37. The van der Waals surface area contributed by atoms with E-state index in [9.17, 15) is 0 Å². The maximum absolute atomic E-state index is 5.95. The molecule has 0 fully saturated rings. The van der Waals surface area contributed by atoms with Gasteiger partial charge in [0.05, 0.1) is 0 Å². The third kappa shape index (κ3) is 4.42. The van der Waals surface area contributed by atoms with Crippen LogP contribution >= 0.6 is 11.6 Å². The molecule has 0 radical (unpaired) electrons. The first kappa shape index (κ1) is 16.4. The Kier molecular flexibility index (Phi) is 6.71. The van der Waals surface area contributed by atoms with Gasteiger partial charge in [-0.25, -0.2) is 0 Å². The van der Waals surface area contributed by atoms with Crippen molar-refractivity contribution in [1.82, 2.24) is 0 Å². The number of benzene rings is 1. The Hall–Kier alpha value is -0.690. The van der Waals surface area contributed by atoms with Gasteiger partial charge in [0.1, 0.15) is 0 Å². The Morgan fingerprint density at radius 2 is 1.79 bits per heavy atom. The van der Waals surface area contributed by atoms with Gasteiger partial charge < -0.3 is 4.90 Å². The number of anilines is 1. The van der Waals surface area contributed by atoms with Crippen molar-refractivity contribution in [3.63, 3.8) is 0 Å². The van der Waals surface area contributed by atoms with Crippen molar-refractivity contribution < 1.29 is 0 Å². The summed E-state index contributed by atoms with van der Waals surface area (Å²) in [6, 6.07) is 7.32. The third-order valence-electron chi connectivity index (χ3n) is 3.75. The predicted octanol–water partition coefficient (Wildman–Crippen LogP) is 5.38. The molecule has 2 heteroatoms. The second-order valence-corrected chi connectivity index (χ2v) is 6.03. The molecule has 0 aliphatic rings. The SMILES string of the molecule is CCC(CC)N(CC(C)C)c1ccc(CCl)c(C)c1. The molecule has 1 aromatic carbocycles. The maximum atomic E-state index is 5.95. The van der Waals surface area contributed by atoms with Crippen LogP contribution in [0.1, 0.15) is 51.7 Å². The number of aryl methyl sites for hydroxylation is 1. The second-order valence-electron chi connectivity index (χ2n) is 5.76. The highest BCUT2D eigenvalue weighted by atomic mass is 35.5. The molecule has 1 nitrogen and oxygen atoms in total. The highest BCUT2D eigenvalue weighted by Gasteiger charge is 2.17. The number of hydrogen-bond acceptors (Lipinski definition) is 1. The highest BCUT2D eigenvalue weighted by molar-refractivity contribution is 6.17. The highest BCUT2D eigenvalue weighted by Crippen LogP contribution is 2.25. The molecule has 19 heavy (non-hydrogen) atoms. The average molecular weight is 282 g/mol. The number of hydrogen-bond donors (Lipinski definition) is 0. The quantitative estimate of drug-likeness (QED) is 0.606. The number of nitrogens with zero attached hydrogens (tertiary/aromatic N) is 1. The summed E-state index contributed by atoms with van der Waals surface area (Å²) in [5.41, 5.74) is 3.88. The topological polar surface area (TPSA) is 3.24 Å². The molecular formula is C17H28ClN. The Morgan fingerprint density at radius 3 is 2.21 bits per heavy atom. The van der Waals surface area contributed by atoms with Gasteiger partial charge in [0.15, 0.2) is 0 Å². The second kappa shape index (κ2) is 7.79. The predicted molar refractivity (Wildman–Crippen MR) is 87.3 cm³/mol. The molecule has 1 rings (SSSR count). The van der Waals surface area contributed by atoms with Crippen LogP contribution in [0, 0.1) is 12.8 Å². The van der Waals surface area contributed by atoms with E-state index in [1.165, 1.54) is 29.7 Å². The summed E-state index contributed by atoms with van der Waals surface area (Å²) in [6.07, 6.45) is 2.39. The zero-order chi connectivity index (χ0) is 14.4. The van der Waals surface area contributed by atoms with E-state index in [4.69, 9.17) is 11.6 Å². The fourth-order valence-corrected chi connectivity index (χ4v) is 2.90. The van der Waals surface area contributed by atoms with Gasteiger partial charge >= 0.3 is 0 Å². The Morgan fingerprint density at radius 1 is 1.16 bits per heavy atom. The van der Waals surface area contributed by atoms with Crippen LogP contribution in [0.2, 0.25) is 0 Å². The van der Waals surface area contributed by atoms with Gasteiger partial charge in [0, 0.05) is 24.2 Å². The van der Waals surface area contributed by atoms with E-state index in [-0.39, 0.29) is 0 Å². The van der Waals surface area contributed by atoms with E-state index in [1.807, 2.05) is 0 Å². The van der Waals surface area contributed by atoms with E-state index < -0.39 is 0 Å². The third-order valence-corrected chi connectivity index (χ3v) is 4.03. The van der Waals surface area contributed by atoms with Gasteiger partial charge in [0.25, 0.3) is 0 Å². The first-order chi connectivity index (χ1) is 9.03. The van der Waals surface area contributed by atoms with E-state index in [0.717, 1.165) is 6.54 Å². The van der Waals surface area contributed by atoms with E-state index in [0.29, 0.717) is 17.8 Å². The fraction of sp³-hybridized carbons (Fsp3) is 0.647. The molecule has 0 aliphatic carbocycles. The monoisotopic (exact) mass is 281 g/mol. The lowest BCUT2D eigenvalue weighted by Gasteiger charge is -2.34. The van der Waals surface area contributed by atoms with Crippen LogP contribution in [0.5, 0.6) is 0 Å². The standard InChI is InChI=1S/C17H28ClN/c1-6-16(7-2)19(12-13(3)4)17-9-8-15(11-18)14(5)10-17/h8-10,13,16H,6-7,11-12H2,1-5H3. The van der Waals surface area contributed by atoms with Crippen LogP contribution in [0.4, 0.5) is 5.69 Å². The van der Waals surface area contributed by atoms with Crippen molar-refractivity contribution in [3.8, 4) is 0 Å². The molecule has 0 heterocycles. The molecule has 0 saturated heterocycles. The fourth-order valence-electron chi connectivity index (χ4n) is 2.60. The minimum Gasteiger partial charge on any atom is -0.368 e. The van der Waals surface area contributed by atoms with Gasteiger partial charge in [-0.1, -0.05) is 33.8 Å². The van der Waals surface area contributed by atoms with E-state index in [1.54, 1.807) is 0 Å². The molecule has 0 amide bonds. The average Bonchev–Trinajstić information content (AvgIpc) is 2.38. The summed E-state index contributed by atoms with van der Waals surface area (Å²) >= 11 is 5.95. The summed E-state index contributed by atoms with van der Waals surface area (Å²) < 4.78 is 0. The summed E-state index contributed by atoms with van der Waals surface area (Å²) in [5, 5.41) is 0. The summed E-state index contributed by atoms with van der Waals surface area (Å²) in [7, 11) is 0. The Bertz CT molecular complexity index is 383. The molecule has 0 saturated carbocycles. The van der Waals surface area contributed by atoms with Gasteiger partial charge in [-0.15, -0.1) is 11.6 Å². The molecular weight excluding hydrogens is 254 g/mol. The van der Waals surface area contributed by atoms with Crippen molar-refractivity contribution in [2.24, 2.45) is 5.92 Å². The zero-order valence-corrected chi connectivity index (χ0v) is 13.8. The molecule has 108 valence electrons. The van der Waals surface area contributed by atoms with Gasteiger partial charge in [-0.2, -0.15) is 0 Å². The van der Waals surface area contributed by atoms with Crippen molar-refractivity contribution in [1.29, 1.82) is 0 Å². The van der Waals surface area contributed by atoms with Gasteiger partial charge in [-0.3, -0.25) is 0 Å². The van der Waals surface area contributed by atoms with Gasteiger partial charge in [0.2, 0.25) is 0 Å². The molecule has 0 spiro atoms. The molecule has 0 bridgehead atoms. The molecule has 0 aliphatic heterocycles. The van der Waals surface area contributed by atoms with Crippen LogP contribution in [0.25, 0.3) is 0 Å². The maximum Gasteiger partial charge on any atom is 0.0476 e. The van der Waals surface area contributed by atoms with Crippen LogP contribution < -0.4 is 4.90 Å². The smallest absolute Gasteiger partial charge is 0.0476 e. The van der Waals surface area contributed by atoms with Crippen molar-refractivity contribution in [2.45, 2.75) is 59.4 Å². The number of halogens is 1. The summed E-state index contributed by atoms with van der Waals surface area (Å²) in [4.78, 5) is 2.57. The molecule has 0 atom stereocenters. The van der Waals surface area contributed by atoms with Crippen LogP contribution in [-0.4, -0.2) is 12.6 Å². The van der Waals surface area contributed by atoms with Crippen molar-refractivity contribution in [2.75, 3.05) is 11.4 Å². The van der Waals surface area contributed by atoms with Crippen molar-refractivity contribution >= 4 is 17.3 Å². The number of alkyl halides is 1. The van der Waals surface area contributed by atoms with Crippen LogP contribution in [0.3, 0.4) is 0 Å². The summed E-state index contributed by atoms with van der Waals surface area (Å²) in [6.45, 7) is 12.4. The molecule has 0 N–H and O–H groups in total. The first-order valence-electron chi connectivity index (χ1n) is 7.45. The lowest BCUT2D eigenvalue weighted by molar-refractivity contribution is 0.507. The van der Waals surface area contributed by atoms with E-state index >= 15 is 0 Å². The minimum absolute atomic E-state index is 0.598. The number of rotatable bonds is 7. The summed E-state index contributed by atoms with van der Waals surface area (Å²) in [5.74, 6) is 1.27. The lowest BCUT2D eigenvalue weighted by atomic mass is 10.0. The van der Waals surface area contributed by atoms with Crippen molar-refractivity contribution in [3.05, 3.63) is 29.3 Å². The Labute approximate surface area is 124 Å². The molecule has 1 aromatic rings. The largest absolute Gasteiger partial charge is 0.368 e.